The Morgan fingerprint density at radius 3 is 0.723 bits per heavy atom. The number of unbranched alkanes of at least 4 members (excludes halogenated alkanes) is 11. The van der Waals surface area contributed by atoms with E-state index in [0.29, 0.717) is 19.3 Å². The Bertz CT molecular complexity index is 2030. The van der Waals surface area contributed by atoms with Crippen LogP contribution in [0.4, 0.5) is 0 Å². The maximum atomic E-state index is 12.9. The molecule has 6 heteroatoms. The molecule has 1 atom stereocenters. The molecule has 0 N–H and O–H groups in total. The van der Waals surface area contributed by atoms with Crippen molar-refractivity contribution in [3.8, 4) is 0 Å². The van der Waals surface area contributed by atoms with Crippen LogP contribution >= 0.6 is 0 Å². The molecule has 83 heavy (non-hydrogen) atoms. The van der Waals surface area contributed by atoms with Crippen LogP contribution in [0, 0.1) is 0 Å². The van der Waals surface area contributed by atoms with Crippen LogP contribution in [0.1, 0.15) is 239 Å². The van der Waals surface area contributed by atoms with Crippen molar-refractivity contribution >= 4 is 17.9 Å². The molecule has 0 saturated carbocycles. The van der Waals surface area contributed by atoms with Crippen molar-refractivity contribution in [1.82, 2.24) is 0 Å². The Morgan fingerprint density at radius 1 is 0.241 bits per heavy atom. The molecule has 0 aliphatic heterocycles. The van der Waals surface area contributed by atoms with Crippen LogP contribution < -0.4 is 0 Å². The van der Waals surface area contributed by atoms with E-state index in [4.69, 9.17) is 14.2 Å². The van der Waals surface area contributed by atoms with E-state index in [1.807, 2.05) is 12.2 Å². The molecule has 0 aliphatic carbocycles. The average molecular weight is 1140 g/mol. The van der Waals surface area contributed by atoms with Gasteiger partial charge in [0.1, 0.15) is 13.2 Å². The molecule has 0 aromatic heterocycles. The number of ether oxygens (including phenoxy) is 3. The minimum Gasteiger partial charge on any atom is -0.462 e. The number of rotatable bonds is 56. The topological polar surface area (TPSA) is 78.9 Å². The highest BCUT2D eigenvalue weighted by molar-refractivity contribution is 5.71. The molecule has 1 unspecified atom stereocenters. The van der Waals surface area contributed by atoms with Crippen LogP contribution in [0.2, 0.25) is 0 Å². The Kier molecular flexibility index (Phi) is 63.5. The van der Waals surface area contributed by atoms with Crippen molar-refractivity contribution < 1.29 is 28.6 Å². The zero-order chi connectivity index (χ0) is 59.9. The third-order valence-electron chi connectivity index (χ3n) is 12.8. The van der Waals surface area contributed by atoms with E-state index in [2.05, 4.69) is 215 Å². The number of allylic oxidation sites excluding steroid dienone is 34. The molecule has 0 spiro atoms. The van der Waals surface area contributed by atoms with Crippen molar-refractivity contribution in [3.63, 3.8) is 0 Å². The average Bonchev–Trinajstić information content (AvgIpc) is 3.49. The van der Waals surface area contributed by atoms with Gasteiger partial charge >= 0.3 is 17.9 Å². The maximum absolute atomic E-state index is 12.9. The van der Waals surface area contributed by atoms with Gasteiger partial charge in [0, 0.05) is 19.3 Å². The molecule has 0 rings (SSSR count). The molecule has 0 aromatic carbocycles. The number of carbonyl (C=O) groups excluding carboxylic acids is 3. The third kappa shape index (κ3) is 66.7. The van der Waals surface area contributed by atoms with Crippen LogP contribution in [0.15, 0.2) is 207 Å². The minimum atomic E-state index is -0.849. The Hall–Kier alpha value is -6.01. The van der Waals surface area contributed by atoms with Crippen molar-refractivity contribution in [2.75, 3.05) is 13.2 Å². The molecule has 0 aromatic rings. The highest BCUT2D eigenvalue weighted by atomic mass is 16.6. The summed E-state index contributed by atoms with van der Waals surface area (Å²) in [4.78, 5) is 38.3. The second-order valence-electron chi connectivity index (χ2n) is 20.5. The number of esters is 3. The largest absolute Gasteiger partial charge is 0.462 e. The lowest BCUT2D eigenvalue weighted by Gasteiger charge is -2.18. The number of hydrogen-bond acceptors (Lipinski definition) is 6. The summed E-state index contributed by atoms with van der Waals surface area (Å²) in [6, 6.07) is 0. The summed E-state index contributed by atoms with van der Waals surface area (Å²) in [6.45, 7) is 6.19. The first kappa shape index (κ1) is 77.0. The van der Waals surface area contributed by atoms with Gasteiger partial charge in [0.15, 0.2) is 6.10 Å². The van der Waals surface area contributed by atoms with Crippen molar-refractivity contribution in [3.05, 3.63) is 207 Å². The van der Waals surface area contributed by atoms with Crippen molar-refractivity contribution in [2.45, 2.75) is 245 Å². The fourth-order valence-corrected chi connectivity index (χ4v) is 8.03. The van der Waals surface area contributed by atoms with Crippen molar-refractivity contribution in [1.29, 1.82) is 0 Å². The van der Waals surface area contributed by atoms with Gasteiger partial charge in [0.05, 0.1) is 0 Å². The predicted octanol–water partition coefficient (Wildman–Crippen LogP) is 22.8. The minimum absolute atomic E-state index is 0.134. The van der Waals surface area contributed by atoms with Gasteiger partial charge < -0.3 is 14.2 Å². The second-order valence-corrected chi connectivity index (χ2v) is 20.5. The highest BCUT2D eigenvalue weighted by Crippen LogP contribution is 2.13. The lowest BCUT2D eigenvalue weighted by molar-refractivity contribution is -0.166. The molecule has 0 radical (unpaired) electrons. The van der Waals surface area contributed by atoms with Gasteiger partial charge in [-0.3, -0.25) is 14.4 Å². The first-order chi connectivity index (χ1) is 41.0. The molecular weight excluding hydrogens is 1020 g/mol. The molecule has 0 aliphatic rings. The summed E-state index contributed by atoms with van der Waals surface area (Å²) in [5.74, 6) is -1.06. The quantitative estimate of drug-likeness (QED) is 0.0261. The lowest BCUT2D eigenvalue weighted by atomic mass is 10.1. The van der Waals surface area contributed by atoms with Crippen LogP contribution in [0.5, 0.6) is 0 Å². The molecule has 460 valence electrons. The zero-order valence-corrected chi connectivity index (χ0v) is 52.6. The number of hydrogen-bond donors (Lipinski definition) is 0. The van der Waals surface area contributed by atoms with Crippen LogP contribution in [0.25, 0.3) is 0 Å². The highest BCUT2D eigenvalue weighted by Gasteiger charge is 2.19. The van der Waals surface area contributed by atoms with E-state index < -0.39 is 12.1 Å². The van der Waals surface area contributed by atoms with Gasteiger partial charge in [0.2, 0.25) is 0 Å². The Labute approximate surface area is 509 Å². The van der Waals surface area contributed by atoms with Gasteiger partial charge in [0.25, 0.3) is 0 Å². The Morgan fingerprint density at radius 2 is 0.458 bits per heavy atom. The zero-order valence-electron chi connectivity index (χ0n) is 52.6. The molecule has 0 bridgehead atoms. The lowest BCUT2D eigenvalue weighted by Crippen LogP contribution is -2.30. The summed E-state index contributed by atoms with van der Waals surface area (Å²) < 4.78 is 16.8. The normalized spacial score (nSPS) is 13.5. The van der Waals surface area contributed by atoms with E-state index in [1.54, 1.807) is 0 Å². The van der Waals surface area contributed by atoms with Gasteiger partial charge in [-0.25, -0.2) is 0 Å². The molecule has 0 heterocycles. The van der Waals surface area contributed by atoms with Crippen LogP contribution in [-0.2, 0) is 28.6 Å². The van der Waals surface area contributed by atoms with E-state index in [1.165, 1.54) is 19.3 Å². The van der Waals surface area contributed by atoms with E-state index in [0.717, 1.165) is 173 Å². The first-order valence-electron chi connectivity index (χ1n) is 32.6. The van der Waals surface area contributed by atoms with Gasteiger partial charge in [-0.15, -0.1) is 0 Å². The van der Waals surface area contributed by atoms with E-state index >= 15 is 0 Å². The number of carbonyl (C=O) groups is 3. The monoisotopic (exact) mass is 1140 g/mol. The van der Waals surface area contributed by atoms with Crippen molar-refractivity contribution in [2.24, 2.45) is 0 Å². The van der Waals surface area contributed by atoms with E-state index in [9.17, 15) is 14.4 Å². The van der Waals surface area contributed by atoms with Crippen LogP contribution in [0.3, 0.4) is 0 Å². The SMILES string of the molecule is CC/C=C\C/C=C\C/C=C\C/C=C\C/C=C\C/C=C\C/C=C\CCCCCCCCCC(=O)OCC(COC(=O)CCCCCC/C=C\C/C=C\C/C=C\C/C=C\CC)OC(=O)CC/C=C\C/C=C\C/C=C\C/C=C\C/C=C\C/C=C\CC. The summed E-state index contributed by atoms with van der Waals surface area (Å²) >= 11 is 0. The van der Waals surface area contributed by atoms with Crippen LogP contribution in [-0.4, -0.2) is 37.2 Å². The molecule has 6 nitrogen and oxygen atoms in total. The maximum Gasteiger partial charge on any atom is 0.306 e. The van der Waals surface area contributed by atoms with Gasteiger partial charge in [-0.2, -0.15) is 0 Å². The summed E-state index contributed by atoms with van der Waals surface area (Å²) in [5, 5.41) is 0. The van der Waals surface area contributed by atoms with Gasteiger partial charge in [-0.1, -0.05) is 272 Å². The summed E-state index contributed by atoms with van der Waals surface area (Å²) in [5.41, 5.74) is 0. The molecular formula is C77H116O6. The smallest absolute Gasteiger partial charge is 0.306 e. The first-order valence-corrected chi connectivity index (χ1v) is 32.6. The predicted molar refractivity (Wildman–Crippen MR) is 361 cm³/mol. The fraction of sp³-hybridized carbons (Fsp3) is 0.519. The Balaban J connectivity index is 4.54. The molecule has 0 fully saturated rings. The van der Waals surface area contributed by atoms with E-state index in [-0.39, 0.29) is 31.6 Å². The summed E-state index contributed by atoms with van der Waals surface area (Å²) in [7, 11) is 0. The summed E-state index contributed by atoms with van der Waals surface area (Å²) in [6.07, 6.45) is 106. The van der Waals surface area contributed by atoms with Gasteiger partial charge in [-0.05, 0) is 154 Å². The molecule has 0 saturated heterocycles. The third-order valence-corrected chi connectivity index (χ3v) is 12.8. The fourth-order valence-electron chi connectivity index (χ4n) is 8.03. The molecule has 0 amide bonds. The second kappa shape index (κ2) is 68.5. The standard InChI is InChI=1S/C77H116O6/c1-4-7-10-13-16-19-22-25-28-31-33-34-35-36-37-38-39-40-41-42-44-46-49-52-55-58-61-64-67-70-76(79)82-73-74(72-81-75(78)69-66-63-60-57-54-51-48-45-30-27-24-21-18-15-12-9-6-3)83-77(80)71-68-65-62-59-56-53-50-47-43-32-29-26-23-20-17-14-11-8-5-2/h7-12,16-21,25-30,33-34,36-37,39-40,42-44,47-48,51,53,56,62,65,74H,4-6,13-15,22-24,31-32,35,38,41,45-46,49-50,52,54-55,57-61,63-64,66-73H2,1-3H3/b10-7-,11-8-,12-9-,19-16-,20-17-,21-18-,28-25-,29-26-,30-27-,34-33-,37-36-,40-39-,44-42-,47-43-,51-48-,56-53-,65-62-.